The van der Waals surface area contributed by atoms with Gasteiger partial charge in [-0.2, -0.15) is 13.2 Å². The van der Waals surface area contributed by atoms with Crippen molar-refractivity contribution in [2.75, 3.05) is 11.1 Å². The van der Waals surface area contributed by atoms with Crippen molar-refractivity contribution in [3.63, 3.8) is 0 Å². The summed E-state index contributed by atoms with van der Waals surface area (Å²) in [6, 6.07) is 11.9. The third-order valence-corrected chi connectivity index (χ3v) is 7.01. The summed E-state index contributed by atoms with van der Waals surface area (Å²) in [4.78, 5) is 17.4. The van der Waals surface area contributed by atoms with Crippen molar-refractivity contribution in [2.45, 2.75) is 24.9 Å². The summed E-state index contributed by atoms with van der Waals surface area (Å²) in [6.45, 7) is 3.04. The molecule has 0 saturated heterocycles. The number of hydrogen-bond acceptors (Lipinski definition) is 6. The third-order valence-electron chi connectivity index (χ3n) is 5.22. The molecule has 0 saturated carbocycles. The van der Waals surface area contributed by atoms with Crippen LogP contribution in [0, 0.1) is 6.92 Å². The maximum Gasteiger partial charge on any atom is 0.417 e. The van der Waals surface area contributed by atoms with E-state index in [1.807, 2.05) is 0 Å². The van der Waals surface area contributed by atoms with Crippen LogP contribution in [0.2, 0.25) is 0 Å². The Kier molecular flexibility index (Phi) is 5.90. The van der Waals surface area contributed by atoms with Gasteiger partial charge in [0, 0.05) is 5.56 Å². The lowest BCUT2D eigenvalue weighted by atomic mass is 10.0. The molecule has 4 aromatic rings. The molecule has 1 amide bonds. The molecular formula is C23H18F3N3O4S. The molecule has 0 aliphatic rings. The summed E-state index contributed by atoms with van der Waals surface area (Å²) in [5.41, 5.74) is -1.14. The van der Waals surface area contributed by atoms with Crippen LogP contribution in [0.25, 0.3) is 22.4 Å². The summed E-state index contributed by atoms with van der Waals surface area (Å²) in [5, 5.41) is 6.56. The van der Waals surface area contributed by atoms with Gasteiger partial charge in [-0.05, 0) is 31.2 Å². The van der Waals surface area contributed by atoms with E-state index in [4.69, 9.17) is 4.52 Å². The monoisotopic (exact) mass is 489 g/mol. The quantitative estimate of drug-likeness (QED) is 0.410. The zero-order valence-corrected chi connectivity index (χ0v) is 18.8. The van der Waals surface area contributed by atoms with Crippen LogP contribution < -0.4 is 5.32 Å². The van der Waals surface area contributed by atoms with E-state index in [2.05, 4.69) is 15.5 Å². The standard InChI is InChI=1S/C23H18F3N3O4S/c1-3-34(31,32)19-11-7-6-10-17(19)27-21(30)15-12-18(28-22-20(15)13(2)29-33-22)14-8-4-5-9-16(14)23(24,25)26/h4-12H,3H2,1-2H3,(H,27,30). The maximum atomic E-state index is 13.6. The Labute approximate surface area is 192 Å². The number of nitrogens with one attached hydrogen (secondary N) is 1. The Balaban J connectivity index is 1.87. The number of halogens is 3. The summed E-state index contributed by atoms with van der Waals surface area (Å²) in [6.07, 6.45) is -4.65. The number of fused-ring (bicyclic) bond motifs is 1. The number of amides is 1. The molecule has 0 spiro atoms. The first kappa shape index (κ1) is 23.4. The number of pyridine rings is 1. The lowest BCUT2D eigenvalue weighted by molar-refractivity contribution is -0.137. The summed E-state index contributed by atoms with van der Waals surface area (Å²) in [5.74, 6) is -0.925. The number of alkyl halides is 3. The van der Waals surface area contributed by atoms with Crippen LogP contribution in [0.4, 0.5) is 18.9 Å². The van der Waals surface area contributed by atoms with Gasteiger partial charge in [-0.1, -0.05) is 42.4 Å². The van der Waals surface area contributed by atoms with E-state index in [-0.39, 0.29) is 44.3 Å². The third kappa shape index (κ3) is 4.26. The molecule has 11 heteroatoms. The summed E-state index contributed by atoms with van der Waals surface area (Å²) >= 11 is 0. The molecule has 1 N–H and O–H groups in total. The number of sulfone groups is 1. The Bertz CT molecular complexity index is 1510. The highest BCUT2D eigenvalue weighted by molar-refractivity contribution is 7.91. The minimum Gasteiger partial charge on any atom is -0.335 e. The number of aromatic nitrogens is 2. The van der Waals surface area contributed by atoms with Crippen molar-refractivity contribution < 1.29 is 30.9 Å². The molecule has 7 nitrogen and oxygen atoms in total. The fraction of sp³-hybridized carbons (Fsp3) is 0.174. The second-order valence-electron chi connectivity index (χ2n) is 7.40. The Morgan fingerprint density at radius 1 is 1.09 bits per heavy atom. The fourth-order valence-electron chi connectivity index (χ4n) is 3.55. The molecule has 0 atom stereocenters. The number of para-hydroxylation sites is 1. The number of nitrogens with zero attached hydrogens (tertiary/aromatic N) is 2. The number of aryl methyl sites for hydroxylation is 1. The first-order chi connectivity index (χ1) is 16.0. The molecule has 0 radical (unpaired) electrons. The van der Waals surface area contributed by atoms with Crippen molar-refractivity contribution in [1.29, 1.82) is 0 Å². The van der Waals surface area contributed by atoms with Crippen molar-refractivity contribution >= 4 is 32.5 Å². The van der Waals surface area contributed by atoms with Gasteiger partial charge in [-0.15, -0.1) is 0 Å². The molecule has 4 rings (SSSR count). The molecule has 34 heavy (non-hydrogen) atoms. The van der Waals surface area contributed by atoms with E-state index in [9.17, 15) is 26.4 Å². The van der Waals surface area contributed by atoms with Crippen LogP contribution in [-0.4, -0.2) is 30.2 Å². The zero-order chi connectivity index (χ0) is 24.7. The molecule has 2 aromatic carbocycles. The predicted molar refractivity (Wildman–Crippen MR) is 119 cm³/mol. The van der Waals surface area contributed by atoms with Gasteiger partial charge in [-0.3, -0.25) is 4.79 Å². The SMILES string of the molecule is CCS(=O)(=O)c1ccccc1NC(=O)c1cc(-c2ccccc2C(F)(F)F)nc2onc(C)c12. The molecule has 0 fully saturated rings. The van der Waals surface area contributed by atoms with E-state index < -0.39 is 27.5 Å². The highest BCUT2D eigenvalue weighted by Crippen LogP contribution is 2.38. The Hall–Kier alpha value is -3.73. The minimum absolute atomic E-state index is 0.0469. The highest BCUT2D eigenvalue weighted by atomic mass is 32.2. The number of anilines is 1. The lowest BCUT2D eigenvalue weighted by Crippen LogP contribution is -2.16. The fourth-order valence-corrected chi connectivity index (χ4v) is 4.60. The van der Waals surface area contributed by atoms with Crippen LogP contribution in [0.1, 0.15) is 28.5 Å². The molecule has 0 aliphatic carbocycles. The van der Waals surface area contributed by atoms with Crippen LogP contribution in [0.15, 0.2) is 64.0 Å². The van der Waals surface area contributed by atoms with Crippen LogP contribution in [0.5, 0.6) is 0 Å². The zero-order valence-electron chi connectivity index (χ0n) is 18.0. The predicted octanol–water partition coefficient (Wildman–Crippen LogP) is 5.26. The molecule has 0 bridgehead atoms. The van der Waals surface area contributed by atoms with Gasteiger partial charge >= 0.3 is 6.18 Å². The Morgan fingerprint density at radius 3 is 2.47 bits per heavy atom. The topological polar surface area (TPSA) is 102 Å². The molecule has 2 aromatic heterocycles. The molecular weight excluding hydrogens is 471 g/mol. The first-order valence-corrected chi connectivity index (χ1v) is 11.7. The molecule has 0 unspecified atom stereocenters. The average Bonchev–Trinajstić information content (AvgIpc) is 3.19. The van der Waals surface area contributed by atoms with E-state index in [0.29, 0.717) is 5.69 Å². The van der Waals surface area contributed by atoms with Crippen molar-refractivity contribution in [3.05, 3.63) is 71.4 Å². The van der Waals surface area contributed by atoms with Gasteiger partial charge in [0.15, 0.2) is 9.84 Å². The van der Waals surface area contributed by atoms with Gasteiger partial charge < -0.3 is 9.84 Å². The highest BCUT2D eigenvalue weighted by Gasteiger charge is 2.34. The van der Waals surface area contributed by atoms with Crippen molar-refractivity contribution in [2.24, 2.45) is 0 Å². The van der Waals surface area contributed by atoms with Crippen LogP contribution in [-0.2, 0) is 16.0 Å². The Morgan fingerprint density at radius 2 is 1.76 bits per heavy atom. The molecule has 176 valence electrons. The number of benzene rings is 2. The average molecular weight is 489 g/mol. The van der Waals surface area contributed by atoms with E-state index in [1.165, 1.54) is 49.4 Å². The number of hydrogen-bond donors (Lipinski definition) is 1. The van der Waals surface area contributed by atoms with E-state index in [0.717, 1.165) is 6.07 Å². The van der Waals surface area contributed by atoms with Crippen LogP contribution in [0.3, 0.4) is 0 Å². The molecule has 0 aliphatic heterocycles. The van der Waals surface area contributed by atoms with E-state index >= 15 is 0 Å². The van der Waals surface area contributed by atoms with Crippen LogP contribution >= 0.6 is 0 Å². The largest absolute Gasteiger partial charge is 0.417 e. The molecule has 2 heterocycles. The van der Waals surface area contributed by atoms with Gasteiger partial charge in [0.1, 0.15) is 0 Å². The van der Waals surface area contributed by atoms with Gasteiger partial charge in [0.25, 0.3) is 11.6 Å². The minimum atomic E-state index is -4.65. The van der Waals surface area contributed by atoms with E-state index in [1.54, 1.807) is 13.0 Å². The van der Waals surface area contributed by atoms with Gasteiger partial charge in [0.2, 0.25) is 0 Å². The smallest absolute Gasteiger partial charge is 0.335 e. The number of carbonyl (C=O) groups is 1. The van der Waals surface area contributed by atoms with Crippen molar-refractivity contribution in [3.8, 4) is 11.3 Å². The summed E-state index contributed by atoms with van der Waals surface area (Å²) < 4.78 is 70.8. The number of carbonyl (C=O) groups excluding carboxylic acids is 1. The second kappa shape index (κ2) is 8.56. The van der Waals surface area contributed by atoms with Gasteiger partial charge in [-0.25, -0.2) is 13.4 Å². The number of rotatable bonds is 5. The van der Waals surface area contributed by atoms with Crippen molar-refractivity contribution in [1.82, 2.24) is 10.1 Å². The second-order valence-corrected chi connectivity index (χ2v) is 9.65. The van der Waals surface area contributed by atoms with Gasteiger partial charge in [0.05, 0.1) is 44.2 Å². The summed E-state index contributed by atoms with van der Waals surface area (Å²) in [7, 11) is -3.65. The first-order valence-electron chi connectivity index (χ1n) is 10.1. The normalized spacial score (nSPS) is 12.1. The lowest BCUT2D eigenvalue weighted by Gasteiger charge is -2.14. The maximum absolute atomic E-state index is 13.6.